The average Bonchev–Trinajstić information content (AvgIpc) is 3.39. The summed E-state index contributed by atoms with van der Waals surface area (Å²) in [5.74, 6) is 2.01. The van der Waals surface area contributed by atoms with Crippen LogP contribution in [0.15, 0.2) is 24.4 Å². The van der Waals surface area contributed by atoms with Crippen LogP contribution >= 0.6 is 0 Å². The van der Waals surface area contributed by atoms with Gasteiger partial charge in [-0.25, -0.2) is 0 Å². The number of rotatable bonds is 5. The van der Waals surface area contributed by atoms with E-state index in [0.29, 0.717) is 17.9 Å². The molecule has 1 aromatic heterocycles. The summed E-state index contributed by atoms with van der Waals surface area (Å²) in [4.78, 5) is 21.7. The van der Waals surface area contributed by atoms with Gasteiger partial charge in [0.1, 0.15) is 0 Å². The first-order valence-electron chi connectivity index (χ1n) is 9.21. The summed E-state index contributed by atoms with van der Waals surface area (Å²) in [6.07, 6.45) is 8.56. The van der Waals surface area contributed by atoms with E-state index >= 15 is 0 Å². The molecule has 0 bridgehead atoms. The monoisotopic (exact) mass is 313 g/mol. The fourth-order valence-electron chi connectivity index (χ4n) is 4.33. The molecule has 1 aromatic rings. The predicted molar refractivity (Wildman–Crippen MR) is 89.9 cm³/mol. The van der Waals surface area contributed by atoms with Crippen LogP contribution in [-0.2, 0) is 11.2 Å². The molecule has 0 unspecified atom stereocenters. The molecule has 0 radical (unpaired) electrons. The lowest BCUT2D eigenvalue weighted by molar-refractivity contribution is -0.141. The van der Waals surface area contributed by atoms with Gasteiger partial charge in [-0.3, -0.25) is 9.78 Å². The quantitative estimate of drug-likeness (QED) is 0.837. The number of pyridine rings is 1. The van der Waals surface area contributed by atoms with Crippen LogP contribution in [-0.4, -0.2) is 52.9 Å². The number of amides is 1. The molecule has 3 aliphatic rings. The molecule has 2 atom stereocenters. The second-order valence-electron chi connectivity index (χ2n) is 7.52. The number of likely N-dealkylation sites (tertiary alicyclic amines) is 2. The van der Waals surface area contributed by atoms with Gasteiger partial charge in [-0.15, -0.1) is 0 Å². The number of hydrogen-bond donors (Lipinski definition) is 0. The van der Waals surface area contributed by atoms with Gasteiger partial charge in [-0.2, -0.15) is 0 Å². The predicted octanol–water partition coefficient (Wildman–Crippen LogP) is 2.35. The molecule has 23 heavy (non-hydrogen) atoms. The highest BCUT2D eigenvalue weighted by Crippen LogP contribution is 2.35. The second kappa shape index (κ2) is 6.60. The fraction of sp³-hybridized carbons (Fsp3) is 0.684. The number of nitrogens with zero attached hydrogens (tertiary/aromatic N) is 3. The highest BCUT2D eigenvalue weighted by atomic mass is 16.2. The fourth-order valence-corrected chi connectivity index (χ4v) is 4.33. The van der Waals surface area contributed by atoms with Crippen LogP contribution in [0.25, 0.3) is 0 Å². The van der Waals surface area contributed by atoms with E-state index in [1.807, 2.05) is 18.3 Å². The van der Waals surface area contributed by atoms with Crippen molar-refractivity contribution in [1.29, 1.82) is 0 Å². The molecule has 4 heteroatoms. The van der Waals surface area contributed by atoms with Crippen molar-refractivity contribution in [3.8, 4) is 0 Å². The third-order valence-electron chi connectivity index (χ3n) is 5.78. The summed E-state index contributed by atoms with van der Waals surface area (Å²) < 4.78 is 0. The molecule has 3 heterocycles. The van der Waals surface area contributed by atoms with E-state index in [9.17, 15) is 4.79 Å². The van der Waals surface area contributed by atoms with Crippen LogP contribution in [0.3, 0.4) is 0 Å². The van der Waals surface area contributed by atoms with E-state index in [4.69, 9.17) is 0 Å². The van der Waals surface area contributed by atoms with E-state index in [0.717, 1.165) is 43.8 Å². The van der Waals surface area contributed by atoms with E-state index in [1.54, 1.807) is 0 Å². The molecule has 1 aliphatic carbocycles. The van der Waals surface area contributed by atoms with Crippen LogP contribution in [0.1, 0.15) is 37.8 Å². The van der Waals surface area contributed by atoms with Gasteiger partial charge in [0.25, 0.3) is 0 Å². The van der Waals surface area contributed by atoms with Crippen molar-refractivity contribution >= 4 is 5.91 Å². The van der Waals surface area contributed by atoms with Gasteiger partial charge in [0.05, 0.1) is 0 Å². The molecule has 2 saturated heterocycles. The Morgan fingerprint density at radius 3 is 2.87 bits per heavy atom. The molecule has 1 saturated carbocycles. The second-order valence-corrected chi connectivity index (χ2v) is 7.52. The minimum Gasteiger partial charge on any atom is -0.339 e. The van der Waals surface area contributed by atoms with Gasteiger partial charge in [0, 0.05) is 57.0 Å². The van der Waals surface area contributed by atoms with Crippen LogP contribution in [0.2, 0.25) is 0 Å². The van der Waals surface area contributed by atoms with Crippen LogP contribution < -0.4 is 0 Å². The summed E-state index contributed by atoms with van der Waals surface area (Å²) in [5, 5.41) is 0. The molecule has 3 fully saturated rings. The van der Waals surface area contributed by atoms with Crippen LogP contribution in [0, 0.1) is 11.8 Å². The summed E-state index contributed by atoms with van der Waals surface area (Å²) in [6, 6.07) is 6.50. The SMILES string of the molecule is O=C1CC[C@H]2CN(CC3CC3)CC[C@H]2N1CCc1ccccn1. The zero-order valence-corrected chi connectivity index (χ0v) is 13.9. The average molecular weight is 313 g/mol. The van der Waals surface area contributed by atoms with E-state index in [2.05, 4.69) is 20.9 Å². The minimum absolute atomic E-state index is 0.359. The third-order valence-corrected chi connectivity index (χ3v) is 5.78. The Bertz CT molecular complexity index is 543. The summed E-state index contributed by atoms with van der Waals surface area (Å²) in [5.41, 5.74) is 1.09. The Hall–Kier alpha value is -1.42. The lowest BCUT2D eigenvalue weighted by Gasteiger charge is -2.47. The number of hydrogen-bond acceptors (Lipinski definition) is 3. The zero-order valence-electron chi connectivity index (χ0n) is 13.9. The first-order valence-corrected chi connectivity index (χ1v) is 9.21. The number of fused-ring (bicyclic) bond motifs is 1. The highest BCUT2D eigenvalue weighted by Gasteiger charge is 2.39. The molecule has 4 rings (SSSR count). The molecule has 2 aliphatic heterocycles. The number of piperidine rings is 2. The van der Waals surface area contributed by atoms with Crippen molar-refractivity contribution in [2.75, 3.05) is 26.2 Å². The van der Waals surface area contributed by atoms with Crippen molar-refractivity contribution in [3.05, 3.63) is 30.1 Å². The topological polar surface area (TPSA) is 36.4 Å². The van der Waals surface area contributed by atoms with E-state index in [-0.39, 0.29) is 0 Å². The summed E-state index contributed by atoms with van der Waals surface area (Å²) >= 11 is 0. The molecular formula is C19H27N3O. The summed E-state index contributed by atoms with van der Waals surface area (Å²) in [7, 11) is 0. The highest BCUT2D eigenvalue weighted by molar-refractivity contribution is 5.77. The van der Waals surface area contributed by atoms with Gasteiger partial charge in [-0.05, 0) is 49.7 Å². The van der Waals surface area contributed by atoms with Gasteiger partial charge in [-0.1, -0.05) is 6.07 Å². The largest absolute Gasteiger partial charge is 0.339 e. The first-order chi connectivity index (χ1) is 11.3. The standard InChI is InChI=1S/C19H27N3O/c23-19-7-6-16-14-21(13-15-4-5-15)11-9-18(16)22(19)12-8-17-3-1-2-10-20-17/h1-3,10,15-16,18H,4-9,11-14H2/t16-,18+/m0/s1. The molecular weight excluding hydrogens is 286 g/mol. The Labute approximate surface area is 138 Å². The maximum atomic E-state index is 12.4. The van der Waals surface area contributed by atoms with Gasteiger partial charge in [0.2, 0.25) is 5.91 Å². The molecule has 124 valence electrons. The van der Waals surface area contributed by atoms with E-state index < -0.39 is 0 Å². The van der Waals surface area contributed by atoms with Crippen molar-refractivity contribution in [2.45, 2.75) is 44.6 Å². The van der Waals surface area contributed by atoms with Crippen molar-refractivity contribution in [2.24, 2.45) is 11.8 Å². The van der Waals surface area contributed by atoms with Crippen molar-refractivity contribution < 1.29 is 4.79 Å². The normalized spacial score (nSPS) is 28.7. The number of aromatic nitrogens is 1. The zero-order chi connectivity index (χ0) is 15.6. The van der Waals surface area contributed by atoms with Crippen LogP contribution in [0.5, 0.6) is 0 Å². The smallest absolute Gasteiger partial charge is 0.222 e. The number of carbonyl (C=O) groups excluding carboxylic acids is 1. The van der Waals surface area contributed by atoms with Gasteiger partial charge in [0.15, 0.2) is 0 Å². The minimum atomic E-state index is 0.359. The van der Waals surface area contributed by atoms with Gasteiger partial charge >= 0.3 is 0 Å². The lowest BCUT2D eigenvalue weighted by Crippen LogP contribution is -2.56. The van der Waals surface area contributed by atoms with E-state index in [1.165, 1.54) is 32.5 Å². The Kier molecular flexibility index (Phi) is 4.34. The van der Waals surface area contributed by atoms with Gasteiger partial charge < -0.3 is 9.80 Å². The molecule has 0 N–H and O–H groups in total. The maximum absolute atomic E-state index is 12.4. The Balaban J connectivity index is 1.37. The number of carbonyl (C=O) groups is 1. The lowest BCUT2D eigenvalue weighted by atomic mass is 9.83. The molecule has 0 aromatic carbocycles. The Morgan fingerprint density at radius 1 is 1.17 bits per heavy atom. The molecule has 1 amide bonds. The summed E-state index contributed by atoms with van der Waals surface area (Å²) in [6.45, 7) is 4.50. The molecule has 4 nitrogen and oxygen atoms in total. The molecule has 0 spiro atoms. The third kappa shape index (κ3) is 3.57. The van der Waals surface area contributed by atoms with Crippen molar-refractivity contribution in [1.82, 2.24) is 14.8 Å². The Morgan fingerprint density at radius 2 is 2.09 bits per heavy atom. The van der Waals surface area contributed by atoms with Crippen molar-refractivity contribution in [3.63, 3.8) is 0 Å². The van der Waals surface area contributed by atoms with Crippen LogP contribution in [0.4, 0.5) is 0 Å². The maximum Gasteiger partial charge on any atom is 0.222 e. The first kappa shape index (κ1) is 15.1.